The number of amides is 2. The Morgan fingerprint density at radius 3 is 2.43 bits per heavy atom. The molecule has 150 valence electrons. The van der Waals surface area contributed by atoms with Gasteiger partial charge in [0.2, 0.25) is 0 Å². The van der Waals surface area contributed by atoms with Crippen molar-refractivity contribution in [1.29, 1.82) is 0 Å². The number of nitrogens with one attached hydrogen (secondary N) is 2. The van der Waals surface area contributed by atoms with Crippen molar-refractivity contribution in [3.05, 3.63) is 58.6 Å². The zero-order chi connectivity index (χ0) is 20.5. The number of hydrogen-bond acceptors (Lipinski definition) is 4. The van der Waals surface area contributed by atoms with E-state index in [0.717, 1.165) is 12.1 Å². The van der Waals surface area contributed by atoms with Crippen molar-refractivity contribution in [3.63, 3.8) is 0 Å². The molecule has 2 rings (SSSR count). The van der Waals surface area contributed by atoms with Gasteiger partial charge in [-0.25, -0.2) is 0 Å². The topological polar surface area (TPSA) is 70.7 Å². The average molecular weight is 404 g/mol. The van der Waals surface area contributed by atoms with E-state index in [1.807, 2.05) is 32.0 Å². The highest BCUT2D eigenvalue weighted by Gasteiger charge is 2.15. The van der Waals surface area contributed by atoms with Crippen molar-refractivity contribution in [2.45, 2.75) is 13.3 Å². The van der Waals surface area contributed by atoms with Gasteiger partial charge in [-0.1, -0.05) is 11.6 Å². The highest BCUT2D eigenvalue weighted by Crippen LogP contribution is 2.23. The van der Waals surface area contributed by atoms with E-state index in [9.17, 15) is 9.59 Å². The Hall–Kier alpha value is -2.57. The van der Waals surface area contributed by atoms with Gasteiger partial charge in [0.15, 0.2) is 0 Å². The van der Waals surface area contributed by atoms with Crippen molar-refractivity contribution >= 4 is 34.8 Å². The minimum Gasteiger partial charge on any atom is -0.382 e. The molecule has 0 spiro atoms. The van der Waals surface area contributed by atoms with Crippen LogP contribution in [-0.4, -0.2) is 45.7 Å². The smallest absolute Gasteiger partial charge is 0.255 e. The van der Waals surface area contributed by atoms with Crippen LogP contribution in [0.4, 0.5) is 11.4 Å². The molecule has 0 fully saturated rings. The molecule has 0 radical (unpaired) electrons. The summed E-state index contributed by atoms with van der Waals surface area (Å²) in [6.07, 6.45) is 0.740. The maximum Gasteiger partial charge on any atom is 0.255 e. The molecule has 0 saturated heterocycles. The second-order valence-electron chi connectivity index (χ2n) is 6.39. The van der Waals surface area contributed by atoms with E-state index in [4.69, 9.17) is 16.3 Å². The lowest BCUT2D eigenvalue weighted by atomic mass is 10.1. The first-order valence-corrected chi connectivity index (χ1v) is 9.54. The SMILES string of the molecule is CCOCCCNC(=O)c1cc(NC(=O)c2ccc(Cl)cc2)ccc1N(C)C. The van der Waals surface area contributed by atoms with Crippen LogP contribution in [0.2, 0.25) is 5.02 Å². The van der Waals surface area contributed by atoms with E-state index >= 15 is 0 Å². The van der Waals surface area contributed by atoms with Gasteiger partial charge in [0.25, 0.3) is 11.8 Å². The van der Waals surface area contributed by atoms with Crippen LogP contribution < -0.4 is 15.5 Å². The minimum absolute atomic E-state index is 0.192. The van der Waals surface area contributed by atoms with Crippen molar-refractivity contribution in [1.82, 2.24) is 5.32 Å². The van der Waals surface area contributed by atoms with Gasteiger partial charge in [0, 0.05) is 55.8 Å². The van der Waals surface area contributed by atoms with Gasteiger partial charge in [-0.3, -0.25) is 9.59 Å². The molecule has 0 aliphatic carbocycles. The largest absolute Gasteiger partial charge is 0.382 e. The first-order chi connectivity index (χ1) is 13.4. The zero-order valence-electron chi connectivity index (χ0n) is 16.4. The van der Waals surface area contributed by atoms with Crippen LogP contribution in [0.1, 0.15) is 34.1 Å². The number of hydrogen-bond donors (Lipinski definition) is 2. The number of anilines is 2. The number of benzene rings is 2. The molecule has 2 amide bonds. The van der Waals surface area contributed by atoms with E-state index < -0.39 is 0 Å². The molecular formula is C21H26ClN3O3. The molecule has 6 nitrogen and oxygen atoms in total. The number of ether oxygens (including phenoxy) is 1. The molecule has 0 heterocycles. The third-order valence-corrected chi connectivity index (χ3v) is 4.29. The summed E-state index contributed by atoms with van der Waals surface area (Å²) in [4.78, 5) is 26.9. The van der Waals surface area contributed by atoms with Gasteiger partial charge in [0.05, 0.1) is 5.56 Å². The highest BCUT2D eigenvalue weighted by molar-refractivity contribution is 6.30. The predicted molar refractivity (Wildman–Crippen MR) is 114 cm³/mol. The van der Waals surface area contributed by atoms with Crippen LogP contribution in [0.5, 0.6) is 0 Å². The second-order valence-corrected chi connectivity index (χ2v) is 6.83. The quantitative estimate of drug-likeness (QED) is 0.624. The molecule has 0 atom stereocenters. The van der Waals surface area contributed by atoms with Gasteiger partial charge in [-0.15, -0.1) is 0 Å². The van der Waals surface area contributed by atoms with Crippen molar-refractivity contribution in [2.75, 3.05) is 44.1 Å². The zero-order valence-corrected chi connectivity index (χ0v) is 17.2. The fourth-order valence-electron chi connectivity index (χ4n) is 2.61. The lowest BCUT2D eigenvalue weighted by molar-refractivity contribution is 0.0943. The molecule has 0 aromatic heterocycles. The Bertz CT molecular complexity index is 807. The maximum atomic E-state index is 12.6. The van der Waals surface area contributed by atoms with Crippen LogP contribution in [-0.2, 0) is 4.74 Å². The molecule has 7 heteroatoms. The number of nitrogens with zero attached hydrogens (tertiary/aromatic N) is 1. The van der Waals surface area contributed by atoms with Crippen LogP contribution in [0.25, 0.3) is 0 Å². The fraction of sp³-hybridized carbons (Fsp3) is 0.333. The number of rotatable bonds is 9. The van der Waals surface area contributed by atoms with E-state index in [2.05, 4.69) is 10.6 Å². The minimum atomic E-state index is -0.266. The first kappa shape index (κ1) is 21.7. The van der Waals surface area contributed by atoms with Gasteiger partial charge < -0.3 is 20.3 Å². The summed E-state index contributed by atoms with van der Waals surface area (Å²) in [5.41, 5.74) is 2.30. The maximum absolute atomic E-state index is 12.6. The van der Waals surface area contributed by atoms with Crippen molar-refractivity contribution in [2.24, 2.45) is 0 Å². The van der Waals surface area contributed by atoms with Crippen LogP contribution in [0.15, 0.2) is 42.5 Å². The summed E-state index contributed by atoms with van der Waals surface area (Å²) in [6.45, 7) is 3.72. The van der Waals surface area contributed by atoms with Gasteiger partial charge >= 0.3 is 0 Å². The third kappa shape index (κ3) is 6.25. The standard InChI is InChI=1S/C21H26ClN3O3/c1-4-28-13-5-12-23-21(27)18-14-17(10-11-19(18)25(2)3)24-20(26)15-6-8-16(22)9-7-15/h6-11,14H,4-5,12-13H2,1-3H3,(H,23,27)(H,24,26). The predicted octanol–water partition coefficient (Wildman–Crippen LogP) is 3.81. The lowest BCUT2D eigenvalue weighted by Gasteiger charge is -2.18. The first-order valence-electron chi connectivity index (χ1n) is 9.16. The molecule has 2 aromatic rings. The molecule has 0 bridgehead atoms. The van der Waals surface area contributed by atoms with E-state index in [1.54, 1.807) is 36.4 Å². The lowest BCUT2D eigenvalue weighted by Crippen LogP contribution is -2.27. The summed E-state index contributed by atoms with van der Waals surface area (Å²) in [7, 11) is 3.74. The summed E-state index contributed by atoms with van der Waals surface area (Å²) in [5.74, 6) is -0.458. The molecule has 0 aliphatic heterocycles. The summed E-state index contributed by atoms with van der Waals surface area (Å²) >= 11 is 5.86. The molecule has 2 aromatic carbocycles. The third-order valence-electron chi connectivity index (χ3n) is 4.04. The Morgan fingerprint density at radius 2 is 1.79 bits per heavy atom. The molecule has 0 saturated carbocycles. The van der Waals surface area contributed by atoms with Gasteiger partial charge in [-0.2, -0.15) is 0 Å². The molecule has 28 heavy (non-hydrogen) atoms. The van der Waals surface area contributed by atoms with Crippen molar-refractivity contribution in [3.8, 4) is 0 Å². The van der Waals surface area contributed by atoms with Crippen LogP contribution in [0.3, 0.4) is 0 Å². The molecule has 2 N–H and O–H groups in total. The van der Waals surface area contributed by atoms with Gasteiger partial charge in [0.1, 0.15) is 0 Å². The fourth-order valence-corrected chi connectivity index (χ4v) is 2.73. The Labute approximate surface area is 170 Å². The summed E-state index contributed by atoms with van der Waals surface area (Å²) in [5, 5.41) is 6.29. The number of carbonyl (C=O) groups is 2. The van der Waals surface area contributed by atoms with Crippen LogP contribution >= 0.6 is 11.6 Å². The van der Waals surface area contributed by atoms with E-state index in [1.165, 1.54) is 0 Å². The average Bonchev–Trinajstić information content (AvgIpc) is 2.68. The highest BCUT2D eigenvalue weighted by atomic mass is 35.5. The van der Waals surface area contributed by atoms with E-state index in [0.29, 0.717) is 41.6 Å². The second kappa shape index (κ2) is 10.7. The number of halogens is 1. The molecule has 0 unspecified atom stereocenters. The van der Waals surface area contributed by atoms with Gasteiger partial charge in [-0.05, 0) is 55.8 Å². The number of carbonyl (C=O) groups excluding carboxylic acids is 2. The Kier molecular flexibility index (Phi) is 8.29. The molecular weight excluding hydrogens is 378 g/mol. The Morgan fingerprint density at radius 1 is 1.07 bits per heavy atom. The monoisotopic (exact) mass is 403 g/mol. The van der Waals surface area contributed by atoms with E-state index in [-0.39, 0.29) is 11.8 Å². The molecule has 0 aliphatic rings. The normalized spacial score (nSPS) is 10.4. The Balaban J connectivity index is 2.12. The summed E-state index contributed by atoms with van der Waals surface area (Å²) < 4.78 is 5.28. The summed E-state index contributed by atoms with van der Waals surface area (Å²) in [6, 6.07) is 11.9. The van der Waals surface area contributed by atoms with Crippen molar-refractivity contribution < 1.29 is 14.3 Å². The van der Waals surface area contributed by atoms with Crippen LogP contribution in [0, 0.1) is 0 Å².